The molecule has 1 N–H and O–H groups in total. The number of furan rings is 1. The lowest BCUT2D eigenvalue weighted by Gasteiger charge is -2.16. The van der Waals surface area contributed by atoms with Crippen molar-refractivity contribution in [1.29, 1.82) is 0 Å². The van der Waals surface area contributed by atoms with Gasteiger partial charge in [0.15, 0.2) is 0 Å². The minimum Gasteiger partial charge on any atom is -0.480 e. The lowest BCUT2D eigenvalue weighted by Crippen LogP contribution is -2.28. The summed E-state index contributed by atoms with van der Waals surface area (Å²) in [6.07, 6.45) is 1.58. The lowest BCUT2D eigenvalue weighted by molar-refractivity contribution is -0.138. The maximum atomic E-state index is 10.5. The van der Waals surface area contributed by atoms with E-state index in [9.17, 15) is 4.79 Å². The quantitative estimate of drug-likeness (QED) is 0.881. The molecule has 0 atom stereocenters. The first-order valence-corrected chi connectivity index (χ1v) is 5.08. The van der Waals surface area contributed by atoms with Gasteiger partial charge in [0.25, 0.3) is 0 Å². The van der Waals surface area contributed by atoms with Crippen molar-refractivity contribution in [3.8, 4) is 0 Å². The molecule has 0 aliphatic rings. The number of rotatable bonds is 5. The van der Waals surface area contributed by atoms with Crippen LogP contribution in [0.15, 0.2) is 21.2 Å². The summed E-state index contributed by atoms with van der Waals surface area (Å²) < 4.78 is 6.07. The van der Waals surface area contributed by atoms with Gasteiger partial charge in [0.05, 0.1) is 23.8 Å². The predicted octanol–water partition coefficient (Wildman–Crippen LogP) is 1.95. The largest absolute Gasteiger partial charge is 0.480 e. The number of hydrogen-bond donors (Lipinski definition) is 1. The van der Waals surface area contributed by atoms with Crippen molar-refractivity contribution in [3.05, 3.63) is 22.6 Å². The summed E-state index contributed by atoms with van der Waals surface area (Å²) in [7, 11) is 0. The van der Waals surface area contributed by atoms with E-state index in [1.807, 2.05) is 6.92 Å². The smallest absolute Gasteiger partial charge is 0.317 e. The normalized spacial score (nSPS) is 10.8. The van der Waals surface area contributed by atoms with Gasteiger partial charge in [0.1, 0.15) is 5.76 Å². The average Bonchev–Trinajstić information content (AvgIpc) is 2.50. The molecule has 1 aromatic heterocycles. The zero-order valence-electron chi connectivity index (χ0n) is 7.86. The number of carboxylic acids is 1. The first-order chi connectivity index (χ1) is 6.63. The molecule has 5 heteroatoms. The number of aliphatic carboxylic acids is 1. The Morgan fingerprint density at radius 3 is 2.86 bits per heavy atom. The third-order valence-electron chi connectivity index (χ3n) is 1.86. The Morgan fingerprint density at radius 1 is 1.71 bits per heavy atom. The van der Waals surface area contributed by atoms with Gasteiger partial charge >= 0.3 is 5.97 Å². The van der Waals surface area contributed by atoms with E-state index >= 15 is 0 Å². The standard InChI is InChI=1S/C9H12BrNO3/c1-2-11(6-9(12)13)5-8-7(10)3-4-14-8/h3-4H,2,5-6H2,1H3,(H,12,13). The van der Waals surface area contributed by atoms with E-state index in [0.717, 1.165) is 10.2 Å². The Kier molecular flexibility index (Phi) is 4.16. The Bertz CT molecular complexity index is 311. The van der Waals surface area contributed by atoms with Crippen molar-refractivity contribution in [3.63, 3.8) is 0 Å². The van der Waals surface area contributed by atoms with Gasteiger partial charge < -0.3 is 9.52 Å². The molecular weight excluding hydrogens is 250 g/mol. The average molecular weight is 262 g/mol. The molecule has 0 unspecified atom stereocenters. The number of likely N-dealkylation sites (N-methyl/N-ethyl adjacent to an activating group) is 1. The Balaban J connectivity index is 2.57. The molecule has 0 aromatic carbocycles. The Morgan fingerprint density at radius 2 is 2.43 bits per heavy atom. The number of hydrogen-bond acceptors (Lipinski definition) is 3. The van der Waals surface area contributed by atoms with Crippen LogP contribution in [-0.4, -0.2) is 29.1 Å². The maximum Gasteiger partial charge on any atom is 0.317 e. The van der Waals surface area contributed by atoms with Crippen LogP contribution in [0.3, 0.4) is 0 Å². The zero-order valence-corrected chi connectivity index (χ0v) is 9.45. The molecule has 78 valence electrons. The van der Waals surface area contributed by atoms with Crippen molar-refractivity contribution in [2.75, 3.05) is 13.1 Å². The molecule has 0 amide bonds. The van der Waals surface area contributed by atoms with Crippen LogP contribution in [0.25, 0.3) is 0 Å². The van der Waals surface area contributed by atoms with E-state index in [2.05, 4.69) is 15.9 Å². The van der Waals surface area contributed by atoms with Crippen LogP contribution in [-0.2, 0) is 11.3 Å². The van der Waals surface area contributed by atoms with Gasteiger partial charge in [-0.3, -0.25) is 9.69 Å². The first kappa shape index (κ1) is 11.3. The highest BCUT2D eigenvalue weighted by Gasteiger charge is 2.11. The van der Waals surface area contributed by atoms with Gasteiger partial charge in [-0.2, -0.15) is 0 Å². The number of carbonyl (C=O) groups is 1. The molecule has 0 saturated heterocycles. The van der Waals surface area contributed by atoms with Gasteiger partial charge in [-0.05, 0) is 28.5 Å². The summed E-state index contributed by atoms with van der Waals surface area (Å²) in [5, 5.41) is 8.63. The molecular formula is C9H12BrNO3. The lowest BCUT2D eigenvalue weighted by atomic mass is 10.4. The number of halogens is 1. The molecule has 0 spiro atoms. The molecule has 0 bridgehead atoms. The fourth-order valence-electron chi connectivity index (χ4n) is 1.11. The second kappa shape index (κ2) is 5.17. The third-order valence-corrected chi connectivity index (χ3v) is 2.57. The molecule has 0 radical (unpaired) electrons. The van der Waals surface area contributed by atoms with E-state index in [-0.39, 0.29) is 6.54 Å². The SMILES string of the molecule is CCN(CC(=O)O)Cc1occc1Br. The molecule has 0 fully saturated rings. The molecule has 0 aliphatic heterocycles. The first-order valence-electron chi connectivity index (χ1n) is 4.29. The van der Waals surface area contributed by atoms with Crippen molar-refractivity contribution in [2.24, 2.45) is 0 Å². The van der Waals surface area contributed by atoms with Crippen LogP contribution < -0.4 is 0 Å². The van der Waals surface area contributed by atoms with Crippen molar-refractivity contribution >= 4 is 21.9 Å². The summed E-state index contributed by atoms with van der Waals surface area (Å²) in [5.41, 5.74) is 0. The van der Waals surface area contributed by atoms with E-state index < -0.39 is 5.97 Å². The number of nitrogens with zero attached hydrogens (tertiary/aromatic N) is 1. The van der Waals surface area contributed by atoms with Crippen LogP contribution in [0, 0.1) is 0 Å². The van der Waals surface area contributed by atoms with E-state index in [1.165, 1.54) is 0 Å². The molecule has 1 rings (SSSR count). The fraction of sp³-hybridized carbons (Fsp3) is 0.444. The maximum absolute atomic E-state index is 10.5. The van der Waals surface area contributed by atoms with Crippen molar-refractivity contribution < 1.29 is 14.3 Å². The summed E-state index contributed by atoms with van der Waals surface area (Å²) in [6, 6.07) is 1.80. The Labute approximate surface area is 90.6 Å². The molecule has 4 nitrogen and oxygen atoms in total. The van der Waals surface area contributed by atoms with Crippen LogP contribution in [0.5, 0.6) is 0 Å². The van der Waals surface area contributed by atoms with Crippen molar-refractivity contribution in [1.82, 2.24) is 4.90 Å². The Hall–Kier alpha value is -0.810. The second-order valence-corrected chi connectivity index (χ2v) is 3.74. The molecule has 14 heavy (non-hydrogen) atoms. The highest BCUT2D eigenvalue weighted by molar-refractivity contribution is 9.10. The van der Waals surface area contributed by atoms with E-state index in [4.69, 9.17) is 9.52 Å². The van der Waals surface area contributed by atoms with E-state index in [1.54, 1.807) is 17.2 Å². The van der Waals surface area contributed by atoms with Crippen LogP contribution in [0.2, 0.25) is 0 Å². The minimum absolute atomic E-state index is 0.0314. The van der Waals surface area contributed by atoms with Gasteiger partial charge in [0.2, 0.25) is 0 Å². The highest BCUT2D eigenvalue weighted by Crippen LogP contribution is 2.18. The van der Waals surface area contributed by atoms with Gasteiger partial charge in [-0.25, -0.2) is 0 Å². The van der Waals surface area contributed by atoms with E-state index in [0.29, 0.717) is 13.1 Å². The molecule has 0 saturated carbocycles. The molecule has 1 aromatic rings. The molecule has 1 heterocycles. The predicted molar refractivity (Wildman–Crippen MR) is 55.0 cm³/mol. The summed E-state index contributed by atoms with van der Waals surface area (Å²) in [4.78, 5) is 12.3. The van der Waals surface area contributed by atoms with Crippen LogP contribution >= 0.6 is 15.9 Å². The highest BCUT2D eigenvalue weighted by atomic mass is 79.9. The second-order valence-electron chi connectivity index (χ2n) is 2.89. The van der Waals surface area contributed by atoms with Crippen LogP contribution in [0.1, 0.15) is 12.7 Å². The fourth-order valence-corrected chi connectivity index (χ4v) is 1.44. The summed E-state index contributed by atoms with van der Waals surface area (Å²) >= 11 is 3.32. The minimum atomic E-state index is -0.825. The van der Waals surface area contributed by atoms with Crippen molar-refractivity contribution in [2.45, 2.75) is 13.5 Å². The topological polar surface area (TPSA) is 53.7 Å². The summed E-state index contributed by atoms with van der Waals surface area (Å²) in [6.45, 7) is 3.14. The number of carboxylic acid groups (broad SMARTS) is 1. The third kappa shape index (κ3) is 3.16. The van der Waals surface area contributed by atoms with Gasteiger partial charge in [-0.1, -0.05) is 6.92 Å². The monoisotopic (exact) mass is 261 g/mol. The van der Waals surface area contributed by atoms with Gasteiger partial charge in [-0.15, -0.1) is 0 Å². The molecule has 0 aliphatic carbocycles. The van der Waals surface area contributed by atoms with Crippen LogP contribution in [0.4, 0.5) is 0 Å². The summed E-state index contributed by atoms with van der Waals surface area (Å²) in [5.74, 6) is -0.0670. The zero-order chi connectivity index (χ0) is 10.6. The van der Waals surface area contributed by atoms with Gasteiger partial charge in [0, 0.05) is 0 Å².